The molecule has 182 valence electrons. The Morgan fingerprint density at radius 2 is 1.41 bits per heavy atom. The van der Waals surface area contributed by atoms with Crippen molar-refractivity contribution in [3.8, 4) is 0 Å². The van der Waals surface area contributed by atoms with Gasteiger partial charge in [0, 0.05) is 19.4 Å². The lowest BCUT2D eigenvalue weighted by Crippen LogP contribution is -2.53. The molecular formula is C25H34N6O3. The van der Waals surface area contributed by atoms with Crippen molar-refractivity contribution in [1.29, 1.82) is 0 Å². The van der Waals surface area contributed by atoms with E-state index in [0.29, 0.717) is 19.4 Å². The highest BCUT2D eigenvalue weighted by Gasteiger charge is 2.25. The van der Waals surface area contributed by atoms with Gasteiger partial charge in [-0.1, -0.05) is 60.7 Å². The van der Waals surface area contributed by atoms with Crippen LogP contribution in [0.3, 0.4) is 0 Å². The summed E-state index contributed by atoms with van der Waals surface area (Å²) in [4.78, 5) is 41.4. The van der Waals surface area contributed by atoms with Gasteiger partial charge in [0.25, 0.3) is 0 Å². The number of benzene rings is 2. The van der Waals surface area contributed by atoms with Gasteiger partial charge in [-0.3, -0.25) is 19.4 Å². The monoisotopic (exact) mass is 466 g/mol. The van der Waals surface area contributed by atoms with E-state index in [1.54, 1.807) is 0 Å². The first-order valence-corrected chi connectivity index (χ1v) is 11.4. The maximum absolute atomic E-state index is 13.0. The maximum atomic E-state index is 13.0. The summed E-state index contributed by atoms with van der Waals surface area (Å²) in [5.74, 6) is -1.40. The Bertz CT molecular complexity index is 946. The van der Waals surface area contributed by atoms with Crippen molar-refractivity contribution in [2.75, 3.05) is 6.54 Å². The number of rotatable bonds is 14. The number of nitrogens with two attached hydrogens (primary N) is 3. The summed E-state index contributed by atoms with van der Waals surface area (Å²) >= 11 is 0. The van der Waals surface area contributed by atoms with Crippen LogP contribution in [0.15, 0.2) is 65.7 Å². The van der Waals surface area contributed by atoms with Crippen LogP contribution in [0.4, 0.5) is 0 Å². The largest absolute Gasteiger partial charge is 0.370 e. The quantitative estimate of drug-likeness (QED) is 0.157. The van der Waals surface area contributed by atoms with Gasteiger partial charge >= 0.3 is 0 Å². The molecule has 0 bridgehead atoms. The number of nitrogens with one attached hydrogen (secondary N) is 2. The van der Waals surface area contributed by atoms with Crippen LogP contribution in [0, 0.1) is 0 Å². The van der Waals surface area contributed by atoms with E-state index in [9.17, 15) is 14.4 Å². The van der Waals surface area contributed by atoms with Crippen LogP contribution in [0.2, 0.25) is 0 Å². The Balaban J connectivity index is 1.98. The minimum Gasteiger partial charge on any atom is -0.370 e. The SMILES string of the molecule is NC(=O)[C@H](CCCN=C(N)N)NC(=O)[C@@H](Cc1ccccc1)NC(=O)CCCc1ccccc1. The van der Waals surface area contributed by atoms with Gasteiger partial charge in [-0.25, -0.2) is 0 Å². The fourth-order valence-corrected chi connectivity index (χ4v) is 3.48. The molecule has 0 aliphatic carbocycles. The van der Waals surface area contributed by atoms with Crippen molar-refractivity contribution < 1.29 is 14.4 Å². The van der Waals surface area contributed by atoms with Crippen molar-refractivity contribution in [3.05, 3.63) is 71.8 Å². The first kappa shape index (κ1) is 26.4. The Morgan fingerprint density at radius 3 is 2.00 bits per heavy atom. The van der Waals surface area contributed by atoms with E-state index in [2.05, 4.69) is 15.6 Å². The van der Waals surface area contributed by atoms with E-state index in [1.165, 1.54) is 0 Å². The topological polar surface area (TPSA) is 166 Å². The molecule has 0 unspecified atom stereocenters. The fraction of sp³-hybridized carbons (Fsp3) is 0.360. The van der Waals surface area contributed by atoms with E-state index in [4.69, 9.17) is 17.2 Å². The number of aryl methyl sites for hydroxylation is 1. The zero-order chi connectivity index (χ0) is 24.8. The van der Waals surface area contributed by atoms with Gasteiger partial charge in [-0.2, -0.15) is 0 Å². The molecule has 0 saturated heterocycles. The summed E-state index contributed by atoms with van der Waals surface area (Å²) < 4.78 is 0. The number of guanidine groups is 1. The van der Waals surface area contributed by atoms with Crippen LogP contribution in [-0.2, 0) is 27.2 Å². The van der Waals surface area contributed by atoms with E-state index in [-0.39, 0.29) is 31.1 Å². The Hall–Kier alpha value is -3.88. The second kappa shape index (κ2) is 14.3. The summed E-state index contributed by atoms with van der Waals surface area (Å²) in [5.41, 5.74) is 18.1. The second-order valence-electron chi connectivity index (χ2n) is 8.06. The van der Waals surface area contributed by atoms with Crippen molar-refractivity contribution in [2.45, 2.75) is 50.6 Å². The molecule has 0 aliphatic rings. The van der Waals surface area contributed by atoms with Crippen molar-refractivity contribution in [1.82, 2.24) is 10.6 Å². The summed E-state index contributed by atoms with van der Waals surface area (Å²) in [6.45, 7) is 0.313. The van der Waals surface area contributed by atoms with Crippen LogP contribution in [0.25, 0.3) is 0 Å². The third kappa shape index (κ3) is 10.2. The molecule has 0 radical (unpaired) electrons. The Morgan fingerprint density at radius 1 is 0.794 bits per heavy atom. The molecule has 0 fully saturated rings. The number of hydrogen-bond donors (Lipinski definition) is 5. The summed E-state index contributed by atoms with van der Waals surface area (Å²) in [5, 5.41) is 5.49. The normalized spacial score (nSPS) is 12.2. The first-order valence-electron chi connectivity index (χ1n) is 11.4. The number of hydrogen-bond acceptors (Lipinski definition) is 4. The molecule has 3 amide bonds. The molecule has 0 aliphatic heterocycles. The van der Waals surface area contributed by atoms with E-state index >= 15 is 0 Å². The second-order valence-corrected chi connectivity index (χ2v) is 8.06. The molecule has 34 heavy (non-hydrogen) atoms. The van der Waals surface area contributed by atoms with Gasteiger partial charge in [-0.05, 0) is 36.8 Å². The van der Waals surface area contributed by atoms with E-state index < -0.39 is 23.9 Å². The Kier molecular flexibility index (Phi) is 11.1. The zero-order valence-corrected chi connectivity index (χ0v) is 19.3. The summed E-state index contributed by atoms with van der Waals surface area (Å²) in [7, 11) is 0. The van der Waals surface area contributed by atoms with Crippen LogP contribution in [0.5, 0.6) is 0 Å². The van der Waals surface area contributed by atoms with Crippen molar-refractivity contribution in [2.24, 2.45) is 22.2 Å². The smallest absolute Gasteiger partial charge is 0.243 e. The van der Waals surface area contributed by atoms with Crippen LogP contribution < -0.4 is 27.8 Å². The molecule has 2 atom stereocenters. The van der Waals surface area contributed by atoms with Gasteiger partial charge in [0.05, 0.1) is 0 Å². The van der Waals surface area contributed by atoms with E-state index in [1.807, 2.05) is 60.7 Å². The third-order valence-corrected chi connectivity index (χ3v) is 5.25. The molecule has 2 aromatic carbocycles. The molecule has 9 heteroatoms. The first-order chi connectivity index (χ1) is 16.3. The number of carbonyl (C=O) groups is 3. The predicted molar refractivity (Wildman–Crippen MR) is 132 cm³/mol. The number of aliphatic imine (C=N–C) groups is 1. The number of amides is 3. The third-order valence-electron chi connectivity index (χ3n) is 5.25. The highest BCUT2D eigenvalue weighted by atomic mass is 16.2. The predicted octanol–water partition coefficient (Wildman–Crippen LogP) is 0.761. The average molecular weight is 467 g/mol. The lowest BCUT2D eigenvalue weighted by atomic mass is 10.0. The van der Waals surface area contributed by atoms with Gasteiger partial charge in [0.1, 0.15) is 12.1 Å². The van der Waals surface area contributed by atoms with Gasteiger partial charge in [0.2, 0.25) is 17.7 Å². The summed E-state index contributed by atoms with van der Waals surface area (Å²) in [6.07, 6.45) is 2.73. The van der Waals surface area contributed by atoms with Gasteiger partial charge < -0.3 is 27.8 Å². The molecule has 2 aromatic rings. The highest BCUT2D eigenvalue weighted by molar-refractivity contribution is 5.91. The highest BCUT2D eigenvalue weighted by Crippen LogP contribution is 2.08. The molecule has 0 spiro atoms. The molecular weight excluding hydrogens is 432 g/mol. The lowest BCUT2D eigenvalue weighted by Gasteiger charge is -2.22. The molecule has 2 rings (SSSR count). The van der Waals surface area contributed by atoms with Crippen LogP contribution in [-0.4, -0.2) is 42.3 Å². The fourth-order valence-electron chi connectivity index (χ4n) is 3.48. The minimum absolute atomic E-state index is 0.0439. The number of primary amides is 1. The minimum atomic E-state index is -0.894. The molecule has 9 nitrogen and oxygen atoms in total. The molecule has 8 N–H and O–H groups in total. The van der Waals surface area contributed by atoms with Crippen molar-refractivity contribution in [3.63, 3.8) is 0 Å². The average Bonchev–Trinajstić information content (AvgIpc) is 2.81. The molecule has 0 saturated carbocycles. The Labute approximate surface area is 200 Å². The molecule has 0 heterocycles. The number of nitrogens with zero attached hydrogens (tertiary/aromatic N) is 1. The molecule has 0 aromatic heterocycles. The standard InChI is InChI=1S/C25H34N6O3/c26-23(33)20(14-8-16-29-25(27)28)31-24(34)21(17-19-11-5-2-6-12-19)30-22(32)15-7-13-18-9-3-1-4-10-18/h1-6,9-12,20-21H,7-8,13-17H2,(H2,26,33)(H,30,32)(H,31,34)(H4,27,28,29)/t20-,21+/m0/s1. The van der Waals surface area contributed by atoms with Crippen LogP contribution >= 0.6 is 0 Å². The summed E-state index contributed by atoms with van der Waals surface area (Å²) in [6, 6.07) is 17.5. The number of carbonyl (C=O) groups excluding carboxylic acids is 3. The van der Waals surface area contributed by atoms with Crippen LogP contribution in [0.1, 0.15) is 36.8 Å². The van der Waals surface area contributed by atoms with Gasteiger partial charge in [0.15, 0.2) is 5.96 Å². The van der Waals surface area contributed by atoms with E-state index in [0.717, 1.165) is 17.5 Å². The maximum Gasteiger partial charge on any atom is 0.243 e. The van der Waals surface area contributed by atoms with Crippen molar-refractivity contribution >= 4 is 23.7 Å². The lowest BCUT2D eigenvalue weighted by molar-refractivity contribution is -0.131. The zero-order valence-electron chi connectivity index (χ0n) is 19.3. The van der Waals surface area contributed by atoms with Gasteiger partial charge in [-0.15, -0.1) is 0 Å².